The van der Waals surface area contributed by atoms with E-state index in [2.05, 4.69) is 15.0 Å². The summed E-state index contributed by atoms with van der Waals surface area (Å²) in [5, 5.41) is 0. The number of hydrogen-bond acceptors (Lipinski definition) is 5. The molecule has 3 heterocycles. The van der Waals surface area contributed by atoms with Crippen molar-refractivity contribution in [3.8, 4) is 22.6 Å². The standard InChI is InChI=1S/C20H13FN4O2/c1-25-18(26)20(24-19(25)21)14-4-2-3-5-16(14)27-17-7-6-12(8-15(17)20)13-9-22-11-23-10-13/h2-11H,1H3. The molecule has 5 rings (SSSR count). The van der Waals surface area contributed by atoms with Crippen LogP contribution in [0.2, 0.25) is 0 Å². The molecule has 1 aromatic heterocycles. The first kappa shape index (κ1) is 15.6. The van der Waals surface area contributed by atoms with Crippen molar-refractivity contribution in [2.45, 2.75) is 5.54 Å². The van der Waals surface area contributed by atoms with Crippen molar-refractivity contribution in [2.75, 3.05) is 7.05 Å². The molecule has 0 fully saturated rings. The summed E-state index contributed by atoms with van der Waals surface area (Å²) in [5.74, 6) is 0.494. The predicted octanol–water partition coefficient (Wildman–Crippen LogP) is 3.29. The first-order valence-corrected chi connectivity index (χ1v) is 8.32. The zero-order chi connectivity index (χ0) is 18.6. The SMILES string of the molecule is CN1C(=O)C2(N=C1F)c1ccccc1Oc1ccc(-c3cncnc3)cc12. The molecule has 0 aliphatic carbocycles. The number of aliphatic imine (C=N–C) groups is 1. The van der Waals surface area contributed by atoms with E-state index >= 15 is 0 Å². The fourth-order valence-electron chi connectivity index (χ4n) is 3.59. The van der Waals surface area contributed by atoms with E-state index in [9.17, 15) is 9.18 Å². The number of likely N-dealkylation sites (N-methyl/N-ethyl adjacent to an activating group) is 1. The summed E-state index contributed by atoms with van der Waals surface area (Å²) >= 11 is 0. The molecule has 0 bridgehead atoms. The Balaban J connectivity index is 1.81. The highest BCUT2D eigenvalue weighted by atomic mass is 19.1. The molecule has 0 N–H and O–H groups in total. The van der Waals surface area contributed by atoms with E-state index in [-0.39, 0.29) is 0 Å². The second kappa shape index (κ2) is 5.44. The fourth-order valence-corrected chi connectivity index (χ4v) is 3.59. The van der Waals surface area contributed by atoms with Crippen molar-refractivity contribution in [2.24, 2.45) is 4.99 Å². The van der Waals surface area contributed by atoms with Gasteiger partial charge in [0, 0.05) is 36.1 Å². The van der Waals surface area contributed by atoms with Crippen LogP contribution in [0.15, 0.2) is 66.2 Å². The van der Waals surface area contributed by atoms with Crippen LogP contribution in [-0.4, -0.2) is 33.9 Å². The summed E-state index contributed by atoms with van der Waals surface area (Å²) in [5.41, 5.74) is 1.07. The third-order valence-electron chi connectivity index (χ3n) is 4.91. The number of amidine groups is 1. The number of carbonyl (C=O) groups is 1. The Morgan fingerprint density at radius 2 is 1.74 bits per heavy atom. The molecule has 0 saturated heterocycles. The average Bonchev–Trinajstić information content (AvgIpc) is 2.94. The molecular formula is C20H13FN4O2. The molecule has 3 aromatic rings. The molecule has 2 aliphatic rings. The van der Waals surface area contributed by atoms with Crippen molar-refractivity contribution < 1.29 is 13.9 Å². The van der Waals surface area contributed by atoms with Gasteiger partial charge in [-0.1, -0.05) is 24.3 Å². The van der Waals surface area contributed by atoms with Crippen molar-refractivity contribution in [3.05, 3.63) is 72.3 Å². The van der Waals surface area contributed by atoms with E-state index in [0.29, 0.717) is 22.6 Å². The summed E-state index contributed by atoms with van der Waals surface area (Å²) in [6.07, 6.45) is 3.96. The molecule has 0 saturated carbocycles. The van der Waals surface area contributed by atoms with Gasteiger partial charge >= 0.3 is 0 Å². The number of fused-ring (bicyclic) bond motifs is 4. The van der Waals surface area contributed by atoms with Crippen LogP contribution in [0.3, 0.4) is 0 Å². The third-order valence-corrected chi connectivity index (χ3v) is 4.91. The number of amides is 1. The number of rotatable bonds is 1. The molecule has 2 aliphatic heterocycles. The summed E-state index contributed by atoms with van der Waals surface area (Å²) in [4.78, 5) is 26.3. The second-order valence-electron chi connectivity index (χ2n) is 6.39. The highest BCUT2D eigenvalue weighted by molar-refractivity contribution is 6.08. The lowest BCUT2D eigenvalue weighted by molar-refractivity contribution is -0.129. The molecular weight excluding hydrogens is 347 g/mol. The van der Waals surface area contributed by atoms with Gasteiger partial charge in [0.15, 0.2) is 0 Å². The van der Waals surface area contributed by atoms with Gasteiger partial charge < -0.3 is 4.74 Å². The molecule has 2 aromatic carbocycles. The van der Waals surface area contributed by atoms with Crippen molar-refractivity contribution in [1.82, 2.24) is 14.9 Å². The number of aromatic nitrogens is 2. The number of carbonyl (C=O) groups excluding carboxylic acids is 1. The van der Waals surface area contributed by atoms with E-state index in [1.54, 1.807) is 48.8 Å². The number of para-hydroxylation sites is 1. The number of benzene rings is 2. The average molecular weight is 360 g/mol. The molecule has 132 valence electrons. The van der Waals surface area contributed by atoms with Crippen LogP contribution in [0.1, 0.15) is 11.1 Å². The first-order chi connectivity index (χ1) is 13.1. The van der Waals surface area contributed by atoms with Gasteiger partial charge in [-0.2, -0.15) is 4.39 Å². The third kappa shape index (κ3) is 2.05. The van der Waals surface area contributed by atoms with E-state index in [1.807, 2.05) is 6.07 Å². The lowest BCUT2D eigenvalue weighted by atomic mass is 9.79. The van der Waals surface area contributed by atoms with Crippen LogP contribution in [0.25, 0.3) is 11.1 Å². The smallest absolute Gasteiger partial charge is 0.288 e. The Labute approximate surface area is 154 Å². The maximum atomic E-state index is 14.4. The van der Waals surface area contributed by atoms with Gasteiger partial charge in [0.25, 0.3) is 12.0 Å². The monoisotopic (exact) mass is 360 g/mol. The molecule has 1 unspecified atom stereocenters. The van der Waals surface area contributed by atoms with Gasteiger partial charge in [0.2, 0.25) is 5.54 Å². The zero-order valence-electron chi connectivity index (χ0n) is 14.3. The predicted molar refractivity (Wildman–Crippen MR) is 96.1 cm³/mol. The lowest BCUT2D eigenvalue weighted by Gasteiger charge is -2.33. The van der Waals surface area contributed by atoms with Gasteiger partial charge in [-0.15, -0.1) is 0 Å². The zero-order valence-corrected chi connectivity index (χ0v) is 14.3. The minimum absolute atomic E-state index is 0.460. The maximum absolute atomic E-state index is 14.4. The van der Waals surface area contributed by atoms with Crippen LogP contribution in [0.4, 0.5) is 4.39 Å². The largest absolute Gasteiger partial charge is 0.457 e. The minimum Gasteiger partial charge on any atom is -0.457 e. The van der Waals surface area contributed by atoms with Gasteiger partial charge in [0.05, 0.1) is 0 Å². The van der Waals surface area contributed by atoms with Crippen molar-refractivity contribution in [3.63, 3.8) is 0 Å². The second-order valence-corrected chi connectivity index (χ2v) is 6.39. The molecule has 7 heteroatoms. The molecule has 27 heavy (non-hydrogen) atoms. The quantitative estimate of drug-likeness (QED) is 0.625. The van der Waals surface area contributed by atoms with Gasteiger partial charge in [-0.3, -0.25) is 9.69 Å². The molecule has 6 nitrogen and oxygen atoms in total. The highest BCUT2D eigenvalue weighted by Crippen LogP contribution is 2.52. The molecule has 0 radical (unpaired) electrons. The Morgan fingerprint density at radius 3 is 2.48 bits per heavy atom. The van der Waals surface area contributed by atoms with Gasteiger partial charge in [-0.05, 0) is 23.8 Å². The lowest BCUT2D eigenvalue weighted by Crippen LogP contribution is -2.41. The Kier molecular flexibility index (Phi) is 3.15. The summed E-state index contributed by atoms with van der Waals surface area (Å²) < 4.78 is 20.4. The van der Waals surface area contributed by atoms with E-state index in [0.717, 1.165) is 16.0 Å². The maximum Gasteiger partial charge on any atom is 0.288 e. The normalized spacial score (nSPS) is 20.1. The topological polar surface area (TPSA) is 67.7 Å². The van der Waals surface area contributed by atoms with E-state index < -0.39 is 17.5 Å². The number of nitrogens with zero attached hydrogens (tertiary/aromatic N) is 4. The Hall–Kier alpha value is -3.61. The Bertz CT molecular complexity index is 1120. The van der Waals surface area contributed by atoms with E-state index in [1.165, 1.54) is 13.4 Å². The summed E-state index contributed by atoms with van der Waals surface area (Å²) in [6.45, 7) is 0. The van der Waals surface area contributed by atoms with Crippen molar-refractivity contribution >= 4 is 12.0 Å². The highest BCUT2D eigenvalue weighted by Gasteiger charge is 2.55. The first-order valence-electron chi connectivity index (χ1n) is 8.32. The van der Waals surface area contributed by atoms with Crippen LogP contribution < -0.4 is 4.74 Å². The fraction of sp³-hybridized carbons (Fsp3) is 0.100. The number of halogens is 1. The van der Waals surface area contributed by atoms with Crippen molar-refractivity contribution in [1.29, 1.82) is 0 Å². The van der Waals surface area contributed by atoms with Crippen LogP contribution in [0, 0.1) is 0 Å². The molecule has 1 spiro atoms. The summed E-state index contributed by atoms with van der Waals surface area (Å²) in [6, 6.07) is 12.5. The summed E-state index contributed by atoms with van der Waals surface area (Å²) in [7, 11) is 1.38. The van der Waals surface area contributed by atoms with Crippen LogP contribution in [0.5, 0.6) is 11.5 Å². The number of ether oxygens (including phenoxy) is 1. The van der Waals surface area contributed by atoms with Gasteiger partial charge in [0.1, 0.15) is 17.8 Å². The van der Waals surface area contributed by atoms with Crippen LogP contribution in [-0.2, 0) is 10.3 Å². The Morgan fingerprint density at radius 1 is 1.00 bits per heavy atom. The molecule has 1 amide bonds. The molecule has 1 atom stereocenters. The van der Waals surface area contributed by atoms with Crippen LogP contribution >= 0.6 is 0 Å². The number of hydrogen-bond donors (Lipinski definition) is 0. The minimum atomic E-state index is -1.51. The van der Waals surface area contributed by atoms with E-state index in [4.69, 9.17) is 4.74 Å². The van der Waals surface area contributed by atoms with Gasteiger partial charge in [-0.25, -0.2) is 15.0 Å².